The van der Waals surface area contributed by atoms with E-state index in [9.17, 15) is 2.74 Å². The first-order chi connectivity index (χ1) is 22.8. The third-order valence-corrected chi connectivity index (χ3v) is 8.44. The van der Waals surface area contributed by atoms with Crippen LogP contribution in [-0.4, -0.2) is 0 Å². The summed E-state index contributed by atoms with van der Waals surface area (Å²) in [6.07, 6.45) is 12.9. The van der Waals surface area contributed by atoms with Crippen molar-refractivity contribution in [1.29, 1.82) is 0 Å². The van der Waals surface area contributed by atoms with Crippen molar-refractivity contribution >= 4 is 53.4 Å². The Morgan fingerprint density at radius 1 is 0.500 bits per heavy atom. The zero-order valence-electron chi connectivity index (χ0n) is 32.7. The molecule has 2 heteroatoms. The predicted octanol–water partition coefficient (Wildman–Crippen LogP) is 13.0. The van der Waals surface area contributed by atoms with E-state index < -0.39 is 24.2 Å². The van der Waals surface area contributed by atoms with Crippen molar-refractivity contribution in [1.82, 2.24) is 0 Å². The molecule has 0 aliphatic rings. The maximum absolute atomic E-state index is 9.38. The van der Waals surface area contributed by atoms with E-state index in [1.54, 1.807) is 0 Å². The van der Waals surface area contributed by atoms with E-state index in [0.717, 1.165) is 77.0 Å². The first kappa shape index (κ1) is 18.7. The molecule has 0 aromatic heterocycles. The molecule has 38 heavy (non-hydrogen) atoms. The van der Waals surface area contributed by atoms with Crippen molar-refractivity contribution in [3.63, 3.8) is 0 Å². The van der Waals surface area contributed by atoms with E-state index in [0.29, 0.717) is 35.1 Å². The van der Waals surface area contributed by atoms with Crippen LogP contribution in [0.15, 0.2) is 69.4 Å². The van der Waals surface area contributed by atoms with Gasteiger partial charge < -0.3 is 0 Å². The van der Waals surface area contributed by atoms with Gasteiger partial charge in [-0.2, -0.15) is 0 Å². The molecule has 4 rings (SSSR count). The molecular formula is C36H44Br2. The third kappa shape index (κ3) is 7.30. The minimum atomic E-state index is -0.421. The van der Waals surface area contributed by atoms with Crippen molar-refractivity contribution < 1.29 is 13.7 Å². The van der Waals surface area contributed by atoms with Gasteiger partial charge in [-0.05, 0) is 81.6 Å². The molecule has 0 aliphatic carbocycles. The highest BCUT2D eigenvalue weighted by atomic mass is 79.9. The van der Waals surface area contributed by atoms with Crippen LogP contribution in [0.1, 0.15) is 116 Å². The van der Waals surface area contributed by atoms with Gasteiger partial charge in [0.2, 0.25) is 0 Å². The summed E-state index contributed by atoms with van der Waals surface area (Å²) >= 11 is 7.07. The van der Waals surface area contributed by atoms with Crippen molar-refractivity contribution in [2.45, 2.75) is 104 Å². The van der Waals surface area contributed by atoms with Crippen LogP contribution in [0.25, 0.3) is 32.7 Å². The van der Waals surface area contributed by atoms with Crippen LogP contribution in [0.3, 0.4) is 0 Å². The van der Waals surface area contributed by atoms with Crippen molar-refractivity contribution in [3.05, 3.63) is 80.5 Å². The van der Waals surface area contributed by atoms with Gasteiger partial charge in [0.05, 0.1) is 13.7 Å². The van der Waals surface area contributed by atoms with E-state index in [2.05, 4.69) is 45.7 Å². The van der Waals surface area contributed by atoms with Crippen LogP contribution >= 0.6 is 31.9 Å². The molecule has 0 nitrogen and oxygen atoms in total. The average Bonchev–Trinajstić information content (AvgIpc) is 3.07. The zero-order valence-corrected chi connectivity index (χ0v) is 25.8. The van der Waals surface area contributed by atoms with E-state index in [-0.39, 0.29) is 66.7 Å². The van der Waals surface area contributed by atoms with Gasteiger partial charge >= 0.3 is 0 Å². The fraction of sp³-hybridized carbons (Fsp3) is 0.444. The number of unbranched alkanes of at least 4 members (excludes halogenated alkanes) is 10. The van der Waals surface area contributed by atoms with Crippen LogP contribution in [0, 0.1) is 0 Å². The number of fused-ring (bicyclic) bond motifs is 2. The Morgan fingerprint density at radius 3 is 1.24 bits per heavy atom. The Morgan fingerprint density at radius 2 is 0.842 bits per heavy atom. The molecule has 4 aromatic rings. The third-order valence-electron chi connectivity index (χ3n) is 7.25. The molecule has 0 radical (unpaired) electrons. The fourth-order valence-electron chi connectivity index (χ4n) is 5.24. The molecule has 0 amide bonds. The minimum Gasteiger partial charge on any atom is -0.0654 e. The molecule has 0 atom stereocenters. The summed E-state index contributed by atoms with van der Waals surface area (Å²) in [6, 6.07) is -2.63. The van der Waals surface area contributed by atoms with Crippen molar-refractivity contribution in [2.75, 3.05) is 0 Å². The van der Waals surface area contributed by atoms with Gasteiger partial charge in [0.1, 0.15) is 0 Å². The second-order valence-corrected chi connectivity index (χ2v) is 11.7. The number of rotatable bonds is 15. The van der Waals surface area contributed by atoms with Gasteiger partial charge in [0.15, 0.2) is 0 Å². The van der Waals surface area contributed by atoms with Crippen LogP contribution in [0.5, 0.6) is 0 Å². The molecule has 0 bridgehead atoms. The molecule has 0 N–H and O–H groups in total. The summed E-state index contributed by atoms with van der Waals surface area (Å²) in [5.41, 5.74) is 1.84. The Hall–Kier alpha value is -1.64. The number of hydrogen-bond donors (Lipinski definition) is 0. The zero-order chi connectivity index (χ0) is 35.4. The summed E-state index contributed by atoms with van der Waals surface area (Å²) in [7, 11) is 0. The Balaban J connectivity index is 2.19. The molecule has 0 spiro atoms. The highest BCUT2D eigenvalue weighted by Gasteiger charge is 2.19. The molecule has 4 aromatic carbocycles. The largest absolute Gasteiger partial charge is 0.0654 e. The van der Waals surface area contributed by atoms with Crippen LogP contribution in [0.2, 0.25) is 0 Å². The minimum absolute atomic E-state index is 0.0880. The molecule has 0 saturated heterocycles. The smallest absolute Gasteiger partial charge is 0.0638 e. The lowest BCUT2D eigenvalue weighted by atomic mass is 9.84. The molecule has 0 heterocycles. The highest BCUT2D eigenvalue weighted by Crippen LogP contribution is 2.44. The second kappa shape index (κ2) is 15.2. The molecule has 202 valence electrons. The van der Waals surface area contributed by atoms with Gasteiger partial charge in [-0.15, -0.1) is 0 Å². The van der Waals surface area contributed by atoms with E-state index >= 15 is 0 Å². The van der Waals surface area contributed by atoms with Crippen LogP contribution in [0.4, 0.5) is 0 Å². The van der Waals surface area contributed by atoms with Crippen molar-refractivity contribution in [2.24, 2.45) is 0 Å². The van der Waals surface area contributed by atoms with E-state index in [1.807, 2.05) is 0 Å². The van der Waals surface area contributed by atoms with Crippen molar-refractivity contribution in [3.8, 4) is 11.1 Å². The predicted molar refractivity (Wildman–Crippen MR) is 176 cm³/mol. The Labute approximate surface area is 261 Å². The van der Waals surface area contributed by atoms with E-state index in [4.69, 9.17) is 11.0 Å². The summed E-state index contributed by atoms with van der Waals surface area (Å²) in [5, 5.41) is 0.706. The maximum Gasteiger partial charge on any atom is 0.0638 e. The second-order valence-electron chi connectivity index (χ2n) is 10.1. The van der Waals surface area contributed by atoms with Gasteiger partial charge in [-0.1, -0.05) is 158 Å². The maximum atomic E-state index is 9.38. The molecule has 0 aliphatic heterocycles. The Bertz CT molecular complexity index is 1700. The number of benzene rings is 4. The highest BCUT2D eigenvalue weighted by molar-refractivity contribution is 9.11. The standard InChI is InChI=1S/C36H44Br2/c1-3-5-7-9-11-13-19-27-25-33(37)29-21-15-17-23-31(29)35(27)36-28(20-14-12-10-8-6-4-2)26-34(38)30-22-16-18-24-32(30)36/h15-18,21-26H,3-14,19-20H2,1-2H3/i15D,16D,17D,18D,21D,22D,23D,24D,25D,26D. The molecule has 0 saturated carbocycles. The monoisotopic (exact) mass is 644 g/mol. The summed E-state index contributed by atoms with van der Waals surface area (Å²) in [4.78, 5) is 0. The van der Waals surface area contributed by atoms with Gasteiger partial charge in [-0.3, -0.25) is 0 Å². The fourth-order valence-corrected chi connectivity index (χ4v) is 6.31. The number of hydrogen-bond acceptors (Lipinski definition) is 0. The summed E-state index contributed by atoms with van der Waals surface area (Å²) in [5.74, 6) is 0. The SMILES string of the molecule is [2H]c1c([2H])c([2H])c2c(-c3c(CCCCCCCC)c([2H])c(Br)c4c([2H])c([2H])c([2H])c([2H])c34)c(CCCCCCCC)c([2H])c(Br)c2c1[2H]. The lowest BCUT2D eigenvalue weighted by Crippen LogP contribution is -2.00. The summed E-state index contributed by atoms with van der Waals surface area (Å²) in [6.45, 7) is 4.32. The molecular weight excluding hydrogens is 592 g/mol. The Kier molecular flexibility index (Phi) is 7.48. The summed E-state index contributed by atoms with van der Waals surface area (Å²) < 4.78 is 89.6. The van der Waals surface area contributed by atoms with Gasteiger partial charge in [-0.25, -0.2) is 0 Å². The lowest BCUT2D eigenvalue weighted by Gasteiger charge is -2.21. The number of halogens is 2. The average molecular weight is 647 g/mol. The van der Waals surface area contributed by atoms with Crippen LogP contribution in [-0.2, 0) is 12.8 Å². The normalized spacial score (nSPS) is 15.3. The quantitative estimate of drug-likeness (QED) is 0.113. The van der Waals surface area contributed by atoms with Crippen LogP contribution < -0.4 is 0 Å². The first-order valence-corrected chi connectivity index (χ1v) is 15.8. The first-order valence-electron chi connectivity index (χ1n) is 19.2. The van der Waals surface area contributed by atoms with E-state index in [1.165, 1.54) is 0 Å². The topological polar surface area (TPSA) is 0 Å². The van der Waals surface area contributed by atoms with Gasteiger partial charge in [0, 0.05) is 8.95 Å². The lowest BCUT2D eigenvalue weighted by molar-refractivity contribution is 0.607. The molecule has 0 fully saturated rings. The molecule has 0 unspecified atom stereocenters. The van der Waals surface area contributed by atoms with Gasteiger partial charge in [0.25, 0.3) is 0 Å².